The molecular formula is C5H11N3O4S. The maximum Gasteiger partial charge on any atom is 0.241 e. The van der Waals surface area contributed by atoms with Crippen molar-refractivity contribution in [2.75, 3.05) is 5.75 Å². The van der Waals surface area contributed by atoms with Crippen LogP contribution in [-0.2, 0) is 19.6 Å². The van der Waals surface area contributed by atoms with Crippen LogP contribution in [0.5, 0.6) is 0 Å². The third-order valence-electron chi connectivity index (χ3n) is 1.12. The van der Waals surface area contributed by atoms with Crippen molar-refractivity contribution in [3.63, 3.8) is 0 Å². The molecule has 0 aliphatic heterocycles. The Morgan fingerprint density at radius 1 is 1.46 bits per heavy atom. The third-order valence-corrected chi connectivity index (χ3v) is 1.92. The molecule has 13 heavy (non-hydrogen) atoms. The Labute approximate surface area is 75.5 Å². The van der Waals surface area contributed by atoms with Gasteiger partial charge in [0, 0.05) is 6.92 Å². The maximum atomic E-state index is 10.6. The molecule has 0 fully saturated rings. The van der Waals surface area contributed by atoms with Crippen LogP contribution in [0.15, 0.2) is 0 Å². The van der Waals surface area contributed by atoms with E-state index in [1.54, 1.807) is 0 Å². The second-order valence-electron chi connectivity index (χ2n) is 2.49. The molecule has 0 aliphatic carbocycles. The van der Waals surface area contributed by atoms with E-state index in [4.69, 9.17) is 5.73 Å². The fraction of sp³-hybridized carbons (Fsp3) is 0.600. The summed E-state index contributed by atoms with van der Waals surface area (Å²) in [5, 5.41) is 6.73. The van der Waals surface area contributed by atoms with E-state index in [2.05, 4.69) is 10.5 Å². The monoisotopic (exact) mass is 209 g/mol. The zero-order valence-corrected chi connectivity index (χ0v) is 7.80. The van der Waals surface area contributed by atoms with Gasteiger partial charge in [-0.25, -0.2) is 13.6 Å². The summed E-state index contributed by atoms with van der Waals surface area (Å²) >= 11 is 0. The second kappa shape index (κ2) is 4.19. The molecule has 0 heterocycles. The standard InChI is InChI=1S/C5H11N3O4S/c1-3(9)8-4(5(6)10)2-13(7,11)12/h4H,2H2,1H3,(H2,6,10)(H,8,9)(H2,7,11,12). The highest BCUT2D eigenvalue weighted by molar-refractivity contribution is 7.89. The number of nitrogens with two attached hydrogens (primary N) is 2. The molecule has 0 radical (unpaired) electrons. The normalized spacial score (nSPS) is 13.4. The van der Waals surface area contributed by atoms with Gasteiger partial charge in [0.2, 0.25) is 21.8 Å². The summed E-state index contributed by atoms with van der Waals surface area (Å²) in [5.41, 5.74) is 4.82. The summed E-state index contributed by atoms with van der Waals surface area (Å²) in [6.45, 7) is 1.14. The summed E-state index contributed by atoms with van der Waals surface area (Å²) in [5.74, 6) is -2.18. The lowest BCUT2D eigenvalue weighted by atomic mass is 10.3. The zero-order valence-electron chi connectivity index (χ0n) is 6.98. The molecule has 0 saturated carbocycles. The van der Waals surface area contributed by atoms with Gasteiger partial charge in [-0.05, 0) is 0 Å². The number of hydrogen-bond donors (Lipinski definition) is 3. The lowest BCUT2D eigenvalue weighted by Crippen LogP contribution is -2.48. The molecule has 0 spiro atoms. The molecule has 1 atom stereocenters. The van der Waals surface area contributed by atoms with Crippen LogP contribution in [0.1, 0.15) is 6.92 Å². The first-order valence-corrected chi connectivity index (χ1v) is 5.01. The summed E-state index contributed by atoms with van der Waals surface area (Å²) in [4.78, 5) is 21.1. The summed E-state index contributed by atoms with van der Waals surface area (Å²) in [6, 6.07) is -1.27. The predicted molar refractivity (Wildman–Crippen MR) is 44.8 cm³/mol. The molecule has 2 amide bonds. The first-order chi connectivity index (χ1) is 5.72. The molecule has 1 unspecified atom stereocenters. The van der Waals surface area contributed by atoms with Crippen molar-refractivity contribution in [2.45, 2.75) is 13.0 Å². The summed E-state index contributed by atoms with van der Waals surface area (Å²) in [6.07, 6.45) is 0. The number of carbonyl (C=O) groups is 2. The number of primary sulfonamides is 1. The van der Waals surface area contributed by atoms with Crippen molar-refractivity contribution < 1.29 is 18.0 Å². The SMILES string of the molecule is CC(=O)NC(CS(N)(=O)=O)C(N)=O. The fourth-order valence-corrected chi connectivity index (χ4v) is 1.38. The zero-order chi connectivity index (χ0) is 10.6. The number of amides is 2. The van der Waals surface area contributed by atoms with Gasteiger partial charge in [-0.1, -0.05) is 0 Å². The van der Waals surface area contributed by atoms with Crippen LogP contribution in [-0.4, -0.2) is 32.0 Å². The minimum atomic E-state index is -3.83. The maximum absolute atomic E-state index is 10.6. The van der Waals surface area contributed by atoms with E-state index in [-0.39, 0.29) is 0 Å². The summed E-state index contributed by atoms with van der Waals surface area (Å²) in [7, 11) is -3.83. The van der Waals surface area contributed by atoms with E-state index in [9.17, 15) is 18.0 Å². The Bertz CT molecular complexity index is 310. The molecule has 0 rings (SSSR count). The minimum Gasteiger partial charge on any atom is -0.368 e. The van der Waals surface area contributed by atoms with Crippen LogP contribution in [0, 0.1) is 0 Å². The Morgan fingerprint density at radius 2 is 1.92 bits per heavy atom. The topological polar surface area (TPSA) is 132 Å². The molecule has 8 heteroatoms. The molecular weight excluding hydrogens is 198 g/mol. The molecule has 0 aromatic carbocycles. The first kappa shape index (κ1) is 11.8. The van der Waals surface area contributed by atoms with Crippen molar-refractivity contribution in [2.24, 2.45) is 10.9 Å². The van der Waals surface area contributed by atoms with Crippen LogP contribution >= 0.6 is 0 Å². The predicted octanol–water partition coefficient (Wildman–Crippen LogP) is -2.74. The van der Waals surface area contributed by atoms with Crippen LogP contribution in [0.4, 0.5) is 0 Å². The highest BCUT2D eigenvalue weighted by atomic mass is 32.2. The average molecular weight is 209 g/mol. The Kier molecular flexibility index (Phi) is 3.82. The highest BCUT2D eigenvalue weighted by Crippen LogP contribution is 1.87. The van der Waals surface area contributed by atoms with Crippen LogP contribution < -0.4 is 16.2 Å². The van der Waals surface area contributed by atoms with Crippen molar-refractivity contribution in [1.29, 1.82) is 0 Å². The number of primary amides is 1. The van der Waals surface area contributed by atoms with Gasteiger partial charge < -0.3 is 11.1 Å². The summed E-state index contributed by atoms with van der Waals surface area (Å²) < 4.78 is 21.1. The van der Waals surface area contributed by atoms with Crippen molar-refractivity contribution in [3.05, 3.63) is 0 Å². The second-order valence-corrected chi connectivity index (χ2v) is 4.14. The molecule has 0 aromatic rings. The van der Waals surface area contributed by atoms with Crippen molar-refractivity contribution in [1.82, 2.24) is 5.32 Å². The Hall–Kier alpha value is -1.15. The molecule has 0 aromatic heterocycles. The quantitative estimate of drug-likeness (QED) is 0.463. The van der Waals surface area contributed by atoms with Crippen LogP contribution in [0.3, 0.4) is 0 Å². The molecule has 0 saturated heterocycles. The van der Waals surface area contributed by atoms with Gasteiger partial charge in [-0.15, -0.1) is 0 Å². The molecule has 76 valence electrons. The van der Waals surface area contributed by atoms with Gasteiger partial charge in [0.25, 0.3) is 0 Å². The van der Waals surface area contributed by atoms with Gasteiger partial charge in [0.05, 0.1) is 5.75 Å². The number of rotatable bonds is 4. The van der Waals surface area contributed by atoms with E-state index in [0.717, 1.165) is 6.92 Å². The van der Waals surface area contributed by atoms with Gasteiger partial charge in [0.1, 0.15) is 6.04 Å². The highest BCUT2D eigenvalue weighted by Gasteiger charge is 2.21. The van der Waals surface area contributed by atoms with Crippen molar-refractivity contribution >= 4 is 21.8 Å². The Morgan fingerprint density at radius 3 is 2.15 bits per heavy atom. The fourth-order valence-electron chi connectivity index (χ4n) is 0.673. The third kappa shape index (κ3) is 6.05. The number of hydrogen-bond acceptors (Lipinski definition) is 4. The van der Waals surface area contributed by atoms with Crippen LogP contribution in [0.25, 0.3) is 0 Å². The average Bonchev–Trinajstić information content (AvgIpc) is 1.81. The minimum absolute atomic E-state index is 0.549. The van der Waals surface area contributed by atoms with E-state index in [1.807, 2.05) is 0 Å². The van der Waals surface area contributed by atoms with E-state index >= 15 is 0 Å². The van der Waals surface area contributed by atoms with E-state index in [0.29, 0.717) is 0 Å². The van der Waals surface area contributed by atoms with Gasteiger partial charge >= 0.3 is 0 Å². The van der Waals surface area contributed by atoms with Gasteiger partial charge in [-0.2, -0.15) is 0 Å². The van der Waals surface area contributed by atoms with Gasteiger partial charge in [0.15, 0.2) is 0 Å². The van der Waals surface area contributed by atoms with E-state index in [1.165, 1.54) is 0 Å². The lowest BCUT2D eigenvalue weighted by Gasteiger charge is -2.11. The lowest BCUT2D eigenvalue weighted by molar-refractivity contribution is -0.125. The Balaban J connectivity index is 4.45. The first-order valence-electron chi connectivity index (χ1n) is 3.29. The van der Waals surface area contributed by atoms with E-state index < -0.39 is 33.6 Å². The largest absolute Gasteiger partial charge is 0.368 e. The number of carbonyl (C=O) groups excluding carboxylic acids is 2. The molecule has 0 bridgehead atoms. The molecule has 7 nitrogen and oxygen atoms in total. The smallest absolute Gasteiger partial charge is 0.241 e. The molecule has 5 N–H and O–H groups in total. The van der Waals surface area contributed by atoms with Crippen molar-refractivity contribution in [3.8, 4) is 0 Å². The molecule has 0 aliphatic rings. The number of nitrogens with one attached hydrogen (secondary N) is 1. The van der Waals surface area contributed by atoms with Gasteiger partial charge in [-0.3, -0.25) is 9.59 Å². The number of sulfonamides is 1. The van der Waals surface area contributed by atoms with Crippen LogP contribution in [0.2, 0.25) is 0 Å².